The normalized spacial score (nSPS) is 13.3. The number of benzene rings is 2. The Morgan fingerprint density at radius 1 is 1.19 bits per heavy atom. The van der Waals surface area contributed by atoms with Crippen molar-refractivity contribution in [3.8, 4) is 6.07 Å². The van der Waals surface area contributed by atoms with Gasteiger partial charge in [0.05, 0.1) is 17.3 Å². The quantitative estimate of drug-likeness (QED) is 0.935. The van der Waals surface area contributed by atoms with Crippen LogP contribution in [0.2, 0.25) is 5.02 Å². The molecule has 2 atom stereocenters. The standard InChI is InChI=1S/C17H18ClN3/c1-12(20)17(13-7-5-8-15(18)10-13)21(2)16-9-4-3-6-14(16)11-19/h3-10,12,17H,20H2,1-2H3. The number of anilines is 1. The Balaban J connectivity index is 2.46. The van der Waals surface area contributed by atoms with Gasteiger partial charge in [0.2, 0.25) is 0 Å². The van der Waals surface area contributed by atoms with E-state index in [9.17, 15) is 5.26 Å². The number of hydrogen-bond donors (Lipinski definition) is 1. The van der Waals surface area contributed by atoms with E-state index in [4.69, 9.17) is 17.3 Å². The summed E-state index contributed by atoms with van der Waals surface area (Å²) in [5.41, 5.74) is 8.71. The van der Waals surface area contributed by atoms with Gasteiger partial charge in [-0.15, -0.1) is 0 Å². The summed E-state index contributed by atoms with van der Waals surface area (Å²) in [4.78, 5) is 2.04. The van der Waals surface area contributed by atoms with E-state index < -0.39 is 0 Å². The largest absolute Gasteiger partial charge is 0.365 e. The molecule has 0 saturated carbocycles. The summed E-state index contributed by atoms with van der Waals surface area (Å²) < 4.78 is 0. The molecule has 0 spiro atoms. The van der Waals surface area contributed by atoms with E-state index in [1.165, 1.54) is 0 Å². The summed E-state index contributed by atoms with van der Waals surface area (Å²) in [7, 11) is 1.95. The minimum atomic E-state index is -0.111. The summed E-state index contributed by atoms with van der Waals surface area (Å²) in [6.45, 7) is 1.96. The fraction of sp³-hybridized carbons (Fsp3) is 0.235. The van der Waals surface area contributed by atoms with Gasteiger partial charge in [0.25, 0.3) is 0 Å². The van der Waals surface area contributed by atoms with E-state index in [1.807, 2.05) is 67.4 Å². The van der Waals surface area contributed by atoms with Crippen molar-refractivity contribution < 1.29 is 0 Å². The van der Waals surface area contributed by atoms with Crippen LogP contribution in [-0.4, -0.2) is 13.1 Å². The van der Waals surface area contributed by atoms with Crippen molar-refractivity contribution in [1.29, 1.82) is 5.26 Å². The van der Waals surface area contributed by atoms with Crippen LogP contribution in [0.25, 0.3) is 0 Å². The van der Waals surface area contributed by atoms with E-state index in [0.29, 0.717) is 10.6 Å². The summed E-state index contributed by atoms with van der Waals surface area (Å²) in [5, 5.41) is 9.95. The maximum absolute atomic E-state index is 9.27. The Labute approximate surface area is 130 Å². The molecule has 4 heteroatoms. The Bertz CT molecular complexity index is 661. The molecule has 0 aliphatic carbocycles. The van der Waals surface area contributed by atoms with Crippen molar-refractivity contribution in [1.82, 2.24) is 0 Å². The molecule has 0 aliphatic heterocycles. The highest BCUT2D eigenvalue weighted by molar-refractivity contribution is 6.30. The smallest absolute Gasteiger partial charge is 0.101 e. The van der Waals surface area contributed by atoms with Gasteiger partial charge >= 0.3 is 0 Å². The molecule has 2 rings (SSSR count). The van der Waals surface area contributed by atoms with E-state index in [1.54, 1.807) is 0 Å². The van der Waals surface area contributed by atoms with Crippen LogP contribution in [0.5, 0.6) is 0 Å². The fourth-order valence-corrected chi connectivity index (χ4v) is 2.79. The molecule has 2 N–H and O–H groups in total. The van der Waals surface area contributed by atoms with Crippen LogP contribution in [0, 0.1) is 11.3 Å². The predicted molar refractivity (Wildman–Crippen MR) is 87.4 cm³/mol. The van der Waals surface area contributed by atoms with E-state index >= 15 is 0 Å². The molecule has 108 valence electrons. The van der Waals surface area contributed by atoms with Crippen molar-refractivity contribution in [3.63, 3.8) is 0 Å². The summed E-state index contributed by atoms with van der Waals surface area (Å²) in [6, 6.07) is 17.2. The lowest BCUT2D eigenvalue weighted by atomic mass is 9.98. The lowest BCUT2D eigenvalue weighted by Gasteiger charge is -2.34. The zero-order chi connectivity index (χ0) is 15.4. The first-order valence-corrected chi connectivity index (χ1v) is 7.15. The Kier molecular flexibility index (Phi) is 4.85. The number of hydrogen-bond acceptors (Lipinski definition) is 3. The third-order valence-electron chi connectivity index (χ3n) is 3.51. The van der Waals surface area contributed by atoms with Gasteiger partial charge in [-0.3, -0.25) is 0 Å². The van der Waals surface area contributed by atoms with Crippen LogP contribution in [0.3, 0.4) is 0 Å². The van der Waals surface area contributed by atoms with Gasteiger partial charge in [0.15, 0.2) is 0 Å². The summed E-state index contributed by atoms with van der Waals surface area (Å²) in [5.74, 6) is 0. The minimum Gasteiger partial charge on any atom is -0.365 e. The van der Waals surface area contributed by atoms with Gasteiger partial charge in [-0.05, 0) is 36.8 Å². The first-order valence-electron chi connectivity index (χ1n) is 6.77. The zero-order valence-corrected chi connectivity index (χ0v) is 12.9. The Morgan fingerprint density at radius 2 is 1.90 bits per heavy atom. The van der Waals surface area contributed by atoms with Crippen LogP contribution in [0.15, 0.2) is 48.5 Å². The zero-order valence-electron chi connectivity index (χ0n) is 12.1. The predicted octanol–water partition coefficient (Wildman–Crippen LogP) is 3.74. The van der Waals surface area contributed by atoms with Crippen LogP contribution in [0.1, 0.15) is 24.1 Å². The van der Waals surface area contributed by atoms with Crippen LogP contribution < -0.4 is 10.6 Å². The van der Waals surface area contributed by atoms with Gasteiger partial charge in [0.1, 0.15) is 6.07 Å². The molecule has 0 radical (unpaired) electrons. The second-order valence-electron chi connectivity index (χ2n) is 5.10. The van der Waals surface area contributed by atoms with Crippen molar-refractivity contribution in [2.75, 3.05) is 11.9 Å². The first kappa shape index (κ1) is 15.4. The highest BCUT2D eigenvalue weighted by Gasteiger charge is 2.23. The summed E-state index contributed by atoms with van der Waals surface area (Å²) >= 11 is 6.09. The van der Waals surface area contributed by atoms with Gasteiger partial charge in [-0.1, -0.05) is 35.9 Å². The molecule has 0 aliphatic rings. The van der Waals surface area contributed by atoms with Crippen LogP contribution in [0.4, 0.5) is 5.69 Å². The van der Waals surface area contributed by atoms with Crippen molar-refractivity contribution in [2.45, 2.75) is 19.0 Å². The van der Waals surface area contributed by atoms with Gasteiger partial charge < -0.3 is 10.6 Å². The molecule has 0 heterocycles. The molecular weight excluding hydrogens is 282 g/mol. The third-order valence-corrected chi connectivity index (χ3v) is 3.75. The van der Waals surface area contributed by atoms with E-state index in [2.05, 4.69) is 6.07 Å². The second-order valence-corrected chi connectivity index (χ2v) is 5.54. The molecule has 3 nitrogen and oxygen atoms in total. The lowest BCUT2D eigenvalue weighted by Crippen LogP contribution is -2.37. The summed E-state index contributed by atoms with van der Waals surface area (Å²) in [6.07, 6.45) is 0. The molecule has 2 aromatic carbocycles. The fourth-order valence-electron chi connectivity index (χ4n) is 2.60. The van der Waals surface area contributed by atoms with E-state index in [-0.39, 0.29) is 12.1 Å². The van der Waals surface area contributed by atoms with Gasteiger partial charge in [-0.25, -0.2) is 0 Å². The molecule has 0 bridgehead atoms. The molecule has 0 saturated heterocycles. The van der Waals surface area contributed by atoms with Crippen LogP contribution >= 0.6 is 11.6 Å². The molecule has 0 aromatic heterocycles. The Hall–Kier alpha value is -2.02. The Morgan fingerprint density at radius 3 is 2.52 bits per heavy atom. The third kappa shape index (κ3) is 3.36. The number of nitriles is 1. The number of halogens is 1. The van der Waals surface area contributed by atoms with Crippen LogP contribution in [-0.2, 0) is 0 Å². The highest BCUT2D eigenvalue weighted by Crippen LogP contribution is 2.31. The molecule has 2 unspecified atom stereocenters. The average molecular weight is 300 g/mol. The maximum Gasteiger partial charge on any atom is 0.101 e. The number of likely N-dealkylation sites (N-methyl/N-ethyl adjacent to an activating group) is 1. The van der Waals surface area contributed by atoms with E-state index in [0.717, 1.165) is 11.3 Å². The SMILES string of the molecule is CC(N)C(c1cccc(Cl)c1)N(C)c1ccccc1C#N. The van der Waals surface area contributed by atoms with Crippen molar-refractivity contribution in [3.05, 3.63) is 64.7 Å². The topological polar surface area (TPSA) is 53.0 Å². The molecular formula is C17H18ClN3. The lowest BCUT2D eigenvalue weighted by molar-refractivity contribution is 0.558. The molecule has 0 fully saturated rings. The maximum atomic E-state index is 9.27. The minimum absolute atomic E-state index is 0.0572. The van der Waals surface area contributed by atoms with Gasteiger partial charge in [-0.2, -0.15) is 5.26 Å². The van der Waals surface area contributed by atoms with Gasteiger partial charge in [0, 0.05) is 18.1 Å². The molecule has 0 amide bonds. The average Bonchev–Trinajstić information content (AvgIpc) is 2.47. The monoisotopic (exact) mass is 299 g/mol. The number of rotatable bonds is 4. The molecule has 21 heavy (non-hydrogen) atoms. The highest BCUT2D eigenvalue weighted by atomic mass is 35.5. The van der Waals surface area contributed by atoms with Crippen molar-refractivity contribution in [2.24, 2.45) is 5.73 Å². The second kappa shape index (κ2) is 6.62. The first-order chi connectivity index (χ1) is 10.0. The van der Waals surface area contributed by atoms with Crippen molar-refractivity contribution >= 4 is 17.3 Å². The molecule has 2 aromatic rings. The number of nitrogens with zero attached hydrogens (tertiary/aromatic N) is 2. The number of nitrogens with two attached hydrogens (primary N) is 1. The number of para-hydroxylation sites is 1.